The van der Waals surface area contributed by atoms with Crippen molar-refractivity contribution in [3.63, 3.8) is 0 Å². The molecule has 0 radical (unpaired) electrons. The SMILES string of the molecule is CCC1C(=O)N(C)c2cnc(Nc3ccc(C(=O)NC4CCN(CCOCCC5CCN(C(=O)OC(C)(C)C)CC5)CC4)cc3OC)nc2N1C1CCCC1. The van der Waals surface area contributed by atoms with Crippen LogP contribution in [0.15, 0.2) is 24.4 Å². The first-order valence-corrected chi connectivity index (χ1v) is 20.4. The molecule has 6 rings (SSSR count). The number of aromatic nitrogens is 2. The van der Waals surface area contributed by atoms with Gasteiger partial charge in [0.25, 0.3) is 5.91 Å². The van der Waals surface area contributed by atoms with Crippen molar-refractivity contribution in [1.29, 1.82) is 0 Å². The molecule has 0 bridgehead atoms. The van der Waals surface area contributed by atoms with Crippen molar-refractivity contribution in [3.8, 4) is 5.75 Å². The summed E-state index contributed by atoms with van der Waals surface area (Å²) in [7, 11) is 3.38. The molecule has 14 nitrogen and oxygen atoms in total. The quantitative estimate of drug-likeness (QED) is 0.233. The molecule has 1 saturated carbocycles. The Morgan fingerprint density at radius 1 is 0.982 bits per heavy atom. The summed E-state index contributed by atoms with van der Waals surface area (Å²) in [5, 5.41) is 6.53. The summed E-state index contributed by atoms with van der Waals surface area (Å²) in [6.07, 6.45) is 11.4. The summed E-state index contributed by atoms with van der Waals surface area (Å²) in [5.74, 6) is 2.23. The van der Waals surface area contributed by atoms with Gasteiger partial charge >= 0.3 is 6.09 Å². The largest absolute Gasteiger partial charge is 0.495 e. The van der Waals surface area contributed by atoms with Crippen LogP contribution in [0.1, 0.15) is 102 Å². The van der Waals surface area contributed by atoms with Crippen molar-refractivity contribution in [2.24, 2.45) is 5.92 Å². The third-order valence-corrected chi connectivity index (χ3v) is 11.5. The Morgan fingerprint density at radius 3 is 2.38 bits per heavy atom. The number of hydrogen-bond acceptors (Lipinski definition) is 11. The molecule has 0 spiro atoms. The number of methoxy groups -OCH3 is 1. The van der Waals surface area contributed by atoms with E-state index in [0.717, 1.165) is 103 Å². The highest BCUT2D eigenvalue weighted by Crippen LogP contribution is 2.40. The van der Waals surface area contributed by atoms with Crippen molar-refractivity contribution in [1.82, 2.24) is 25.1 Å². The number of hydrogen-bond donors (Lipinski definition) is 2. The van der Waals surface area contributed by atoms with Gasteiger partial charge in [-0.2, -0.15) is 4.98 Å². The highest BCUT2D eigenvalue weighted by Gasteiger charge is 2.41. The first-order chi connectivity index (χ1) is 26.4. The second kappa shape index (κ2) is 18.2. The van der Waals surface area contributed by atoms with E-state index in [1.807, 2.05) is 31.7 Å². The lowest BCUT2D eigenvalue weighted by molar-refractivity contribution is -0.120. The zero-order valence-electron chi connectivity index (χ0n) is 33.8. The molecule has 2 aromatic rings. The van der Waals surface area contributed by atoms with Gasteiger partial charge in [-0.1, -0.05) is 19.8 Å². The predicted molar refractivity (Wildman–Crippen MR) is 213 cm³/mol. The fourth-order valence-electron chi connectivity index (χ4n) is 8.35. The Balaban J connectivity index is 0.935. The van der Waals surface area contributed by atoms with E-state index in [-0.39, 0.29) is 36.0 Å². The molecule has 3 fully saturated rings. The number of anilines is 4. The fraction of sp³-hybridized carbons (Fsp3) is 0.683. The van der Waals surface area contributed by atoms with Gasteiger partial charge in [-0.25, -0.2) is 9.78 Å². The van der Waals surface area contributed by atoms with Crippen LogP contribution in [0.5, 0.6) is 5.75 Å². The summed E-state index contributed by atoms with van der Waals surface area (Å²) < 4.78 is 17.2. The number of likely N-dealkylation sites (tertiary alicyclic amines) is 2. The van der Waals surface area contributed by atoms with Crippen molar-refractivity contribution in [2.75, 3.05) is 75.2 Å². The van der Waals surface area contributed by atoms with Crippen LogP contribution in [0.25, 0.3) is 0 Å². The maximum atomic E-state index is 13.3. The number of carbonyl (C=O) groups excluding carboxylic acids is 3. The number of rotatable bonds is 13. The van der Waals surface area contributed by atoms with Crippen LogP contribution in [-0.4, -0.2) is 121 Å². The van der Waals surface area contributed by atoms with Gasteiger partial charge in [0, 0.05) is 64.0 Å². The average Bonchev–Trinajstić information content (AvgIpc) is 3.71. The second-order valence-corrected chi connectivity index (χ2v) is 16.5. The molecule has 1 aromatic heterocycles. The van der Waals surface area contributed by atoms with E-state index in [0.29, 0.717) is 47.6 Å². The normalized spacial score (nSPS) is 20.4. The number of nitrogens with one attached hydrogen (secondary N) is 2. The van der Waals surface area contributed by atoms with Crippen molar-refractivity contribution >= 4 is 41.0 Å². The lowest BCUT2D eigenvalue weighted by Gasteiger charge is -2.43. The minimum Gasteiger partial charge on any atom is -0.495 e. The monoisotopic (exact) mass is 762 g/mol. The van der Waals surface area contributed by atoms with Crippen LogP contribution in [0.3, 0.4) is 0 Å². The summed E-state index contributed by atoms with van der Waals surface area (Å²) in [6, 6.07) is 5.50. The Hall–Kier alpha value is -4.17. The first kappa shape index (κ1) is 40.5. The molecule has 4 heterocycles. The highest BCUT2D eigenvalue weighted by atomic mass is 16.6. The van der Waals surface area contributed by atoms with Crippen LogP contribution >= 0.6 is 0 Å². The standard InChI is InChI=1S/C41H62N8O6/c1-7-33-38(51)46(5)34-27-42-39(45-36(34)49(33)31-10-8-9-11-31)44-32-13-12-29(26-35(32)53-6)37(50)43-30-16-19-47(20-17-30)23-25-54-24-18-28-14-21-48(22-15-28)40(52)55-41(2,3)4/h12-13,26-28,30-31,33H,7-11,14-25H2,1-6H3,(H,43,50)(H,42,44,45). The number of benzene rings is 1. The topological polar surface area (TPSA) is 142 Å². The second-order valence-electron chi connectivity index (χ2n) is 16.5. The minimum atomic E-state index is -0.465. The van der Waals surface area contributed by atoms with Gasteiger partial charge in [-0.15, -0.1) is 0 Å². The van der Waals surface area contributed by atoms with E-state index >= 15 is 0 Å². The Kier molecular flexibility index (Phi) is 13.4. The van der Waals surface area contributed by atoms with Gasteiger partial charge in [0.2, 0.25) is 11.9 Å². The molecular formula is C41H62N8O6. The Labute approximate surface area is 326 Å². The molecule has 4 aliphatic rings. The zero-order chi connectivity index (χ0) is 39.1. The molecule has 55 heavy (non-hydrogen) atoms. The first-order valence-electron chi connectivity index (χ1n) is 20.4. The van der Waals surface area contributed by atoms with E-state index in [1.165, 1.54) is 0 Å². The van der Waals surface area contributed by atoms with E-state index in [2.05, 4.69) is 32.3 Å². The van der Waals surface area contributed by atoms with Gasteiger partial charge in [-0.05, 0) is 96.3 Å². The average molecular weight is 763 g/mol. The van der Waals surface area contributed by atoms with E-state index in [1.54, 1.807) is 37.4 Å². The molecule has 3 amide bonds. The van der Waals surface area contributed by atoms with Crippen LogP contribution in [0.4, 0.5) is 27.9 Å². The Bertz CT molecular complexity index is 1630. The highest BCUT2D eigenvalue weighted by molar-refractivity contribution is 6.04. The number of fused-ring (bicyclic) bond motifs is 1. The fourth-order valence-corrected chi connectivity index (χ4v) is 8.35. The van der Waals surface area contributed by atoms with Gasteiger partial charge in [-0.3, -0.25) is 9.59 Å². The number of nitrogens with zero attached hydrogens (tertiary/aromatic N) is 6. The molecule has 1 aliphatic carbocycles. The zero-order valence-corrected chi connectivity index (χ0v) is 33.8. The van der Waals surface area contributed by atoms with Crippen molar-refractivity contribution in [2.45, 2.75) is 116 Å². The van der Waals surface area contributed by atoms with Gasteiger partial charge in [0.15, 0.2) is 5.82 Å². The molecule has 1 atom stereocenters. The minimum absolute atomic E-state index is 0.0794. The number of ether oxygens (including phenoxy) is 3. The predicted octanol–water partition coefficient (Wildman–Crippen LogP) is 5.98. The van der Waals surface area contributed by atoms with Crippen molar-refractivity contribution < 1.29 is 28.6 Å². The van der Waals surface area contributed by atoms with E-state index < -0.39 is 5.60 Å². The lowest BCUT2D eigenvalue weighted by Crippen LogP contribution is -2.55. The maximum absolute atomic E-state index is 13.3. The Morgan fingerprint density at radius 2 is 1.71 bits per heavy atom. The van der Waals surface area contributed by atoms with Crippen LogP contribution in [-0.2, 0) is 14.3 Å². The molecule has 1 unspecified atom stereocenters. The van der Waals surface area contributed by atoms with Crippen LogP contribution in [0, 0.1) is 5.92 Å². The molecule has 2 saturated heterocycles. The van der Waals surface area contributed by atoms with E-state index in [9.17, 15) is 14.4 Å². The van der Waals surface area contributed by atoms with E-state index in [4.69, 9.17) is 19.2 Å². The smallest absolute Gasteiger partial charge is 0.410 e. The van der Waals surface area contributed by atoms with Gasteiger partial charge in [0.05, 0.1) is 25.6 Å². The van der Waals surface area contributed by atoms with Crippen molar-refractivity contribution in [3.05, 3.63) is 30.0 Å². The van der Waals surface area contributed by atoms with Crippen LogP contribution < -0.4 is 25.2 Å². The number of amides is 3. The number of piperidine rings is 2. The van der Waals surface area contributed by atoms with Crippen LogP contribution in [0.2, 0.25) is 0 Å². The molecule has 3 aliphatic heterocycles. The molecule has 1 aromatic carbocycles. The molecule has 2 N–H and O–H groups in total. The summed E-state index contributed by atoms with van der Waals surface area (Å²) >= 11 is 0. The summed E-state index contributed by atoms with van der Waals surface area (Å²) in [4.78, 5) is 56.6. The summed E-state index contributed by atoms with van der Waals surface area (Å²) in [6.45, 7) is 13.4. The lowest BCUT2D eigenvalue weighted by atomic mass is 9.94. The third kappa shape index (κ3) is 10.2. The third-order valence-electron chi connectivity index (χ3n) is 11.5. The number of likely N-dealkylation sites (N-methyl/N-ethyl adjacent to an activating group) is 1. The molecule has 14 heteroatoms. The summed E-state index contributed by atoms with van der Waals surface area (Å²) in [5.41, 5.74) is 1.43. The molecule has 302 valence electrons. The maximum Gasteiger partial charge on any atom is 0.410 e. The van der Waals surface area contributed by atoms with Gasteiger partial charge in [0.1, 0.15) is 23.1 Å². The van der Waals surface area contributed by atoms with Gasteiger partial charge < -0.3 is 44.4 Å². The number of carbonyl (C=O) groups is 3. The molecular weight excluding hydrogens is 701 g/mol.